The molecule has 1 aromatic rings. The summed E-state index contributed by atoms with van der Waals surface area (Å²) in [5.41, 5.74) is 0.448. The number of alkyl halides is 1. The van der Waals surface area contributed by atoms with Crippen molar-refractivity contribution in [2.75, 3.05) is 0 Å². The molecule has 0 aromatic carbocycles. The topological polar surface area (TPSA) is 12.9 Å². The monoisotopic (exact) mass is 159 g/mol. The zero-order valence-electron chi connectivity index (χ0n) is 5.51. The fourth-order valence-electron chi connectivity index (χ4n) is 0.695. The van der Waals surface area contributed by atoms with E-state index >= 15 is 0 Å². The fraction of sp³-hybridized carbons (Fsp3) is 0.286. The van der Waals surface area contributed by atoms with Gasteiger partial charge in [-0.15, -0.1) is 11.6 Å². The summed E-state index contributed by atoms with van der Waals surface area (Å²) in [6, 6.07) is 3.29. The molecule has 0 spiro atoms. The first-order valence-electron chi connectivity index (χ1n) is 2.96. The molecule has 3 heteroatoms. The Balaban J connectivity index is 3.03. The lowest BCUT2D eigenvalue weighted by Gasteiger charge is -2.01. The summed E-state index contributed by atoms with van der Waals surface area (Å²) in [6.07, 6.45) is 1.40. The molecule has 0 bridgehead atoms. The van der Waals surface area contributed by atoms with Crippen molar-refractivity contribution >= 4 is 11.6 Å². The van der Waals surface area contributed by atoms with Crippen LogP contribution < -0.4 is 0 Å². The van der Waals surface area contributed by atoms with Crippen LogP contribution in [-0.2, 0) is 0 Å². The average molecular weight is 160 g/mol. The van der Waals surface area contributed by atoms with Gasteiger partial charge in [0, 0.05) is 11.8 Å². The van der Waals surface area contributed by atoms with E-state index in [0.717, 1.165) is 0 Å². The van der Waals surface area contributed by atoms with Crippen LogP contribution >= 0.6 is 11.6 Å². The summed E-state index contributed by atoms with van der Waals surface area (Å²) in [4.78, 5) is 3.45. The zero-order chi connectivity index (χ0) is 7.56. The van der Waals surface area contributed by atoms with Crippen molar-refractivity contribution in [3.8, 4) is 0 Å². The van der Waals surface area contributed by atoms with Crippen molar-refractivity contribution in [2.45, 2.75) is 12.3 Å². The lowest BCUT2D eigenvalue weighted by molar-refractivity contribution is 0.567. The number of pyridine rings is 1. The van der Waals surface area contributed by atoms with Crippen LogP contribution in [0, 0.1) is 5.95 Å². The van der Waals surface area contributed by atoms with Gasteiger partial charge in [-0.05, 0) is 13.0 Å². The van der Waals surface area contributed by atoms with E-state index in [1.165, 1.54) is 6.20 Å². The maximum Gasteiger partial charge on any atom is 0.217 e. The first-order chi connectivity index (χ1) is 4.72. The SMILES string of the molecule is CC(Cl)c1cccnc1F. The molecule has 1 unspecified atom stereocenters. The van der Waals surface area contributed by atoms with Crippen molar-refractivity contribution in [2.24, 2.45) is 0 Å². The van der Waals surface area contributed by atoms with Gasteiger partial charge in [0.05, 0.1) is 5.38 Å². The van der Waals surface area contributed by atoms with Crippen LogP contribution in [0.5, 0.6) is 0 Å². The molecule has 0 amide bonds. The van der Waals surface area contributed by atoms with Crippen LogP contribution in [0.2, 0.25) is 0 Å². The molecule has 1 rings (SSSR count). The second-order valence-electron chi connectivity index (χ2n) is 2.00. The van der Waals surface area contributed by atoms with E-state index in [0.29, 0.717) is 5.56 Å². The van der Waals surface area contributed by atoms with Gasteiger partial charge in [0.2, 0.25) is 5.95 Å². The quantitative estimate of drug-likeness (QED) is 0.453. The molecule has 1 aromatic heterocycles. The molecule has 0 fully saturated rings. The standard InChI is InChI=1S/C7H7ClFN/c1-5(8)6-3-2-4-10-7(6)9/h2-5H,1H3. The summed E-state index contributed by atoms with van der Waals surface area (Å²) >= 11 is 5.63. The Morgan fingerprint density at radius 3 is 2.80 bits per heavy atom. The van der Waals surface area contributed by atoms with Crippen molar-refractivity contribution in [3.05, 3.63) is 29.8 Å². The van der Waals surface area contributed by atoms with Gasteiger partial charge in [-0.25, -0.2) is 4.98 Å². The Kier molecular flexibility index (Phi) is 2.22. The van der Waals surface area contributed by atoms with Gasteiger partial charge < -0.3 is 0 Å². The molecular formula is C7H7ClFN. The maximum atomic E-state index is 12.6. The largest absolute Gasteiger partial charge is 0.228 e. The number of aromatic nitrogens is 1. The zero-order valence-corrected chi connectivity index (χ0v) is 6.27. The Morgan fingerprint density at radius 2 is 2.40 bits per heavy atom. The molecule has 0 saturated carbocycles. The highest BCUT2D eigenvalue weighted by Gasteiger charge is 2.06. The van der Waals surface area contributed by atoms with Crippen LogP contribution in [0.4, 0.5) is 4.39 Å². The molecule has 0 aliphatic rings. The first-order valence-corrected chi connectivity index (χ1v) is 3.40. The van der Waals surface area contributed by atoms with Gasteiger partial charge in [-0.2, -0.15) is 4.39 Å². The number of rotatable bonds is 1. The lowest BCUT2D eigenvalue weighted by Crippen LogP contribution is -1.92. The molecule has 54 valence electrons. The Bertz CT molecular complexity index is 225. The van der Waals surface area contributed by atoms with Gasteiger partial charge in [-0.3, -0.25) is 0 Å². The molecule has 1 nitrogen and oxygen atoms in total. The van der Waals surface area contributed by atoms with E-state index in [2.05, 4.69) is 4.98 Å². The van der Waals surface area contributed by atoms with Crippen LogP contribution in [0.25, 0.3) is 0 Å². The third kappa shape index (κ3) is 1.45. The minimum Gasteiger partial charge on any atom is -0.228 e. The molecule has 1 atom stereocenters. The highest BCUT2D eigenvalue weighted by molar-refractivity contribution is 6.20. The molecule has 1 heterocycles. The third-order valence-electron chi connectivity index (χ3n) is 1.22. The predicted octanol–water partition coefficient (Wildman–Crippen LogP) is 2.52. The van der Waals surface area contributed by atoms with Crippen LogP contribution in [0.15, 0.2) is 18.3 Å². The van der Waals surface area contributed by atoms with Crippen LogP contribution in [-0.4, -0.2) is 4.98 Å². The minimum absolute atomic E-state index is 0.311. The average Bonchev–Trinajstić information content (AvgIpc) is 1.88. The predicted molar refractivity (Wildman–Crippen MR) is 38.5 cm³/mol. The fourth-order valence-corrected chi connectivity index (χ4v) is 0.858. The normalized spacial score (nSPS) is 13.1. The second kappa shape index (κ2) is 2.97. The molecule has 0 radical (unpaired) electrons. The molecule has 10 heavy (non-hydrogen) atoms. The van der Waals surface area contributed by atoms with Crippen molar-refractivity contribution in [1.82, 2.24) is 4.98 Å². The Morgan fingerprint density at radius 1 is 1.70 bits per heavy atom. The number of hydrogen-bond acceptors (Lipinski definition) is 1. The smallest absolute Gasteiger partial charge is 0.217 e. The molecular weight excluding hydrogens is 153 g/mol. The highest BCUT2D eigenvalue weighted by atomic mass is 35.5. The van der Waals surface area contributed by atoms with E-state index in [1.807, 2.05) is 0 Å². The first kappa shape index (κ1) is 7.48. The van der Waals surface area contributed by atoms with Gasteiger partial charge in [0.25, 0.3) is 0 Å². The van der Waals surface area contributed by atoms with Crippen LogP contribution in [0.1, 0.15) is 17.9 Å². The van der Waals surface area contributed by atoms with E-state index in [4.69, 9.17) is 11.6 Å². The Labute approximate surface area is 63.8 Å². The molecule has 0 saturated heterocycles. The van der Waals surface area contributed by atoms with E-state index in [-0.39, 0.29) is 5.38 Å². The summed E-state index contributed by atoms with van der Waals surface area (Å²) in [5.74, 6) is -0.481. The van der Waals surface area contributed by atoms with Crippen molar-refractivity contribution in [3.63, 3.8) is 0 Å². The summed E-state index contributed by atoms with van der Waals surface area (Å²) in [5, 5.41) is -0.311. The van der Waals surface area contributed by atoms with E-state index < -0.39 is 5.95 Å². The third-order valence-corrected chi connectivity index (χ3v) is 1.45. The number of nitrogens with zero attached hydrogens (tertiary/aromatic N) is 1. The van der Waals surface area contributed by atoms with Gasteiger partial charge in [0.1, 0.15) is 0 Å². The summed E-state index contributed by atoms with van der Waals surface area (Å²) < 4.78 is 12.6. The second-order valence-corrected chi connectivity index (χ2v) is 2.65. The minimum atomic E-state index is -0.481. The summed E-state index contributed by atoms with van der Waals surface area (Å²) in [6.45, 7) is 1.71. The molecule has 0 aliphatic heterocycles. The maximum absolute atomic E-state index is 12.6. The summed E-state index contributed by atoms with van der Waals surface area (Å²) in [7, 11) is 0. The highest BCUT2D eigenvalue weighted by Crippen LogP contribution is 2.19. The van der Waals surface area contributed by atoms with Crippen molar-refractivity contribution in [1.29, 1.82) is 0 Å². The molecule has 0 N–H and O–H groups in total. The van der Waals surface area contributed by atoms with Gasteiger partial charge >= 0.3 is 0 Å². The number of hydrogen-bond donors (Lipinski definition) is 0. The van der Waals surface area contributed by atoms with Crippen molar-refractivity contribution < 1.29 is 4.39 Å². The van der Waals surface area contributed by atoms with E-state index in [9.17, 15) is 4.39 Å². The lowest BCUT2D eigenvalue weighted by atomic mass is 10.2. The Hall–Kier alpha value is -0.630. The molecule has 0 aliphatic carbocycles. The van der Waals surface area contributed by atoms with Gasteiger partial charge in [-0.1, -0.05) is 6.07 Å². The number of halogens is 2. The van der Waals surface area contributed by atoms with Gasteiger partial charge in [0.15, 0.2) is 0 Å². The van der Waals surface area contributed by atoms with E-state index in [1.54, 1.807) is 19.1 Å². The van der Waals surface area contributed by atoms with Crippen LogP contribution in [0.3, 0.4) is 0 Å².